The fourth-order valence-corrected chi connectivity index (χ4v) is 4.04. The van der Waals surface area contributed by atoms with Crippen LogP contribution in [0.15, 0.2) is 47.6 Å². The van der Waals surface area contributed by atoms with Crippen molar-refractivity contribution in [1.82, 2.24) is 10.2 Å². The summed E-state index contributed by atoms with van der Waals surface area (Å²) in [6.45, 7) is 5.26. The van der Waals surface area contributed by atoms with E-state index in [4.69, 9.17) is 5.26 Å². The third-order valence-electron chi connectivity index (χ3n) is 5.64. The van der Waals surface area contributed by atoms with Crippen LogP contribution in [-0.2, 0) is 4.79 Å². The Hall–Kier alpha value is -2.16. The van der Waals surface area contributed by atoms with Crippen molar-refractivity contribution in [3.05, 3.63) is 47.6 Å². The lowest BCUT2D eigenvalue weighted by Crippen LogP contribution is -2.44. The monoisotopic (exact) mass is 367 g/mol. The summed E-state index contributed by atoms with van der Waals surface area (Å²) in [6, 6.07) is 2.17. The quantitative estimate of drug-likeness (QED) is 0.755. The Morgan fingerprint density at radius 2 is 2.26 bits per heavy atom. The molecule has 3 rings (SSSR count). The number of likely N-dealkylation sites (tertiary alicyclic amines) is 1. The van der Waals surface area contributed by atoms with Gasteiger partial charge in [0.1, 0.15) is 0 Å². The first kappa shape index (κ1) is 19.6. The van der Waals surface area contributed by atoms with Gasteiger partial charge < -0.3 is 15.3 Å². The van der Waals surface area contributed by atoms with Crippen LogP contribution in [0.4, 0.5) is 0 Å². The summed E-state index contributed by atoms with van der Waals surface area (Å²) in [5, 5.41) is 22.1. The van der Waals surface area contributed by atoms with Crippen molar-refractivity contribution in [2.45, 2.75) is 32.3 Å². The summed E-state index contributed by atoms with van der Waals surface area (Å²) in [7, 11) is 0. The van der Waals surface area contributed by atoms with Crippen LogP contribution >= 0.6 is 0 Å². The van der Waals surface area contributed by atoms with Crippen molar-refractivity contribution in [2.24, 2.45) is 17.8 Å². The highest BCUT2D eigenvalue weighted by atomic mass is 16.3. The number of aliphatic hydroxyl groups excluding tert-OH is 1. The van der Waals surface area contributed by atoms with Gasteiger partial charge in [-0.15, -0.1) is 0 Å². The highest BCUT2D eigenvalue weighted by molar-refractivity contribution is 5.96. The van der Waals surface area contributed by atoms with Crippen LogP contribution in [0.1, 0.15) is 26.2 Å². The summed E-state index contributed by atoms with van der Waals surface area (Å²) in [5.41, 5.74) is 1.96. The van der Waals surface area contributed by atoms with E-state index in [0.29, 0.717) is 43.3 Å². The number of β-amino-alcohol motifs (C(OH)–C–C–N with tert-alkyl or cyclic N) is 1. The second-order valence-electron chi connectivity index (χ2n) is 7.83. The number of amides is 1. The van der Waals surface area contributed by atoms with Crippen molar-refractivity contribution in [2.75, 3.05) is 26.2 Å². The van der Waals surface area contributed by atoms with Crippen LogP contribution in [0.3, 0.4) is 0 Å². The van der Waals surface area contributed by atoms with Crippen LogP contribution in [-0.4, -0.2) is 48.2 Å². The predicted octanol–water partition coefficient (Wildman–Crippen LogP) is 2.33. The molecule has 3 aliphatic rings. The Bertz CT molecular complexity index is 714. The number of carbonyl (C=O) groups excluding carboxylic acids is 1. The molecule has 5 heteroatoms. The Balaban J connectivity index is 1.36. The summed E-state index contributed by atoms with van der Waals surface area (Å²) in [4.78, 5) is 14.5. The van der Waals surface area contributed by atoms with E-state index in [0.717, 1.165) is 19.5 Å². The molecular weight excluding hydrogens is 338 g/mol. The van der Waals surface area contributed by atoms with Gasteiger partial charge in [0.25, 0.3) is 5.91 Å². The van der Waals surface area contributed by atoms with Gasteiger partial charge in [-0.05, 0) is 44.6 Å². The Labute approximate surface area is 161 Å². The smallest absolute Gasteiger partial charge is 0.250 e. The van der Waals surface area contributed by atoms with E-state index in [2.05, 4.69) is 41.4 Å². The maximum atomic E-state index is 12.1. The minimum absolute atomic E-state index is 0.133. The zero-order valence-electron chi connectivity index (χ0n) is 16.0. The van der Waals surface area contributed by atoms with E-state index in [9.17, 15) is 9.90 Å². The average Bonchev–Trinajstić information content (AvgIpc) is 2.68. The molecule has 1 heterocycles. The van der Waals surface area contributed by atoms with Crippen LogP contribution in [0, 0.1) is 29.1 Å². The predicted molar refractivity (Wildman–Crippen MR) is 106 cm³/mol. The van der Waals surface area contributed by atoms with Crippen molar-refractivity contribution >= 4 is 5.91 Å². The largest absolute Gasteiger partial charge is 0.392 e. The van der Waals surface area contributed by atoms with E-state index >= 15 is 0 Å². The number of hydrogen-bond donors (Lipinski definition) is 2. The fourth-order valence-electron chi connectivity index (χ4n) is 4.04. The summed E-state index contributed by atoms with van der Waals surface area (Å²) in [6.07, 6.45) is 14.0. The molecule has 144 valence electrons. The first-order valence-corrected chi connectivity index (χ1v) is 9.88. The van der Waals surface area contributed by atoms with Gasteiger partial charge in [0.05, 0.1) is 18.1 Å². The number of nitrogens with zero attached hydrogens (tertiary/aromatic N) is 2. The molecule has 0 aromatic rings. The van der Waals surface area contributed by atoms with Crippen molar-refractivity contribution in [3.8, 4) is 6.07 Å². The van der Waals surface area contributed by atoms with E-state index in [1.165, 1.54) is 5.57 Å². The standard InChI is InChI=1S/C22H29N3O2/c1-16-2-5-20-14-25(11-9-19(20)12-16)15-21(26)8-10-24-22(27)18-6-3-17(13-23)4-7-18/h2-3,5-7,12,17,19-21,26H,4,8-11,14-15H2,1H3,(H,24,27). The van der Waals surface area contributed by atoms with Crippen molar-refractivity contribution < 1.29 is 9.90 Å². The van der Waals surface area contributed by atoms with E-state index in [1.54, 1.807) is 18.2 Å². The number of nitrogens with one attached hydrogen (secondary N) is 1. The molecular formula is C22H29N3O2. The fraction of sp³-hybridized carbons (Fsp3) is 0.545. The van der Waals surface area contributed by atoms with Gasteiger partial charge in [-0.25, -0.2) is 0 Å². The Morgan fingerprint density at radius 3 is 3.00 bits per heavy atom. The zero-order chi connectivity index (χ0) is 19.2. The number of carbonyl (C=O) groups is 1. The Morgan fingerprint density at radius 1 is 1.41 bits per heavy atom. The number of rotatable bonds is 6. The minimum atomic E-state index is -0.439. The molecule has 1 aliphatic heterocycles. The number of aliphatic hydroxyl groups is 1. The van der Waals surface area contributed by atoms with E-state index in [-0.39, 0.29) is 11.8 Å². The third kappa shape index (κ3) is 5.41. The molecule has 0 saturated carbocycles. The minimum Gasteiger partial charge on any atom is -0.392 e. The molecule has 2 aliphatic carbocycles. The third-order valence-corrected chi connectivity index (χ3v) is 5.64. The second kappa shape index (κ2) is 9.16. The number of hydrogen-bond acceptors (Lipinski definition) is 4. The first-order valence-electron chi connectivity index (χ1n) is 9.88. The maximum Gasteiger partial charge on any atom is 0.250 e. The van der Waals surface area contributed by atoms with Gasteiger partial charge in [0, 0.05) is 25.2 Å². The van der Waals surface area contributed by atoms with Gasteiger partial charge in [-0.3, -0.25) is 4.79 Å². The topological polar surface area (TPSA) is 76.4 Å². The van der Waals surface area contributed by atoms with Gasteiger partial charge in [-0.1, -0.05) is 42.0 Å². The zero-order valence-corrected chi connectivity index (χ0v) is 16.0. The molecule has 27 heavy (non-hydrogen) atoms. The van der Waals surface area contributed by atoms with Gasteiger partial charge in [-0.2, -0.15) is 5.26 Å². The highest BCUT2D eigenvalue weighted by Gasteiger charge is 2.28. The molecule has 0 aromatic carbocycles. The summed E-state index contributed by atoms with van der Waals surface area (Å²) < 4.78 is 0. The molecule has 5 nitrogen and oxygen atoms in total. The van der Waals surface area contributed by atoms with Crippen LogP contribution < -0.4 is 5.32 Å². The van der Waals surface area contributed by atoms with Crippen molar-refractivity contribution in [3.63, 3.8) is 0 Å². The molecule has 4 unspecified atom stereocenters. The van der Waals surface area contributed by atoms with Crippen molar-refractivity contribution in [1.29, 1.82) is 5.26 Å². The lowest BCUT2D eigenvalue weighted by molar-refractivity contribution is -0.117. The molecule has 0 radical (unpaired) electrons. The van der Waals surface area contributed by atoms with Crippen LogP contribution in [0.2, 0.25) is 0 Å². The molecule has 2 N–H and O–H groups in total. The number of allylic oxidation sites excluding steroid dienone is 5. The summed E-state index contributed by atoms with van der Waals surface area (Å²) in [5.74, 6) is 0.924. The highest BCUT2D eigenvalue weighted by Crippen LogP contribution is 2.30. The molecule has 0 bridgehead atoms. The SMILES string of the molecule is CC1=CC2CCN(CC(O)CCNC(=O)C3=CCC(C#N)C=C3)CC2C=C1. The molecule has 0 spiro atoms. The average molecular weight is 367 g/mol. The summed E-state index contributed by atoms with van der Waals surface area (Å²) >= 11 is 0. The van der Waals surface area contributed by atoms with Crippen LogP contribution in [0.5, 0.6) is 0 Å². The van der Waals surface area contributed by atoms with E-state index in [1.807, 2.05) is 0 Å². The maximum absolute atomic E-state index is 12.1. The van der Waals surface area contributed by atoms with E-state index < -0.39 is 6.10 Å². The molecule has 1 fully saturated rings. The van der Waals surface area contributed by atoms with Gasteiger partial charge >= 0.3 is 0 Å². The molecule has 1 amide bonds. The molecule has 4 atom stereocenters. The lowest BCUT2D eigenvalue weighted by atomic mass is 9.81. The molecule has 1 saturated heterocycles. The number of piperidine rings is 1. The first-order chi connectivity index (χ1) is 13.0. The van der Waals surface area contributed by atoms with Gasteiger partial charge in [0.15, 0.2) is 0 Å². The Kier molecular flexibility index (Phi) is 6.65. The lowest BCUT2D eigenvalue weighted by Gasteiger charge is -2.38. The normalized spacial score (nSPS) is 28.6. The van der Waals surface area contributed by atoms with Gasteiger partial charge in [0.2, 0.25) is 0 Å². The number of fused-ring (bicyclic) bond motifs is 1. The second-order valence-corrected chi connectivity index (χ2v) is 7.83. The molecule has 0 aromatic heterocycles. The van der Waals surface area contributed by atoms with Crippen LogP contribution in [0.25, 0.3) is 0 Å². The number of nitriles is 1.